The van der Waals surface area contributed by atoms with Crippen LogP contribution in [0.25, 0.3) is 44.5 Å². The highest BCUT2D eigenvalue weighted by atomic mass is 14.9. The maximum absolute atomic E-state index is 4.38. The van der Waals surface area contributed by atoms with Crippen molar-refractivity contribution in [1.82, 2.24) is 19.9 Å². The Kier molecular flexibility index (Phi) is 7.99. The van der Waals surface area contributed by atoms with Crippen LogP contribution in [0, 0.1) is 0 Å². The second kappa shape index (κ2) is 13.8. The predicted octanol–water partition coefficient (Wildman–Crippen LogP) is 13.9. The number of hydrogen-bond donors (Lipinski definition) is 4. The Hall–Kier alpha value is -6.00. The van der Waals surface area contributed by atoms with Crippen molar-refractivity contribution < 1.29 is 0 Å². The second-order valence-electron chi connectivity index (χ2n) is 18.5. The summed E-state index contributed by atoms with van der Waals surface area (Å²) in [6.07, 6.45) is 13.7. The number of aromatic amines is 4. The van der Waals surface area contributed by atoms with E-state index >= 15 is 0 Å². The summed E-state index contributed by atoms with van der Waals surface area (Å²) in [6, 6.07) is 45.5. The van der Waals surface area contributed by atoms with Gasteiger partial charge in [-0.2, -0.15) is 0 Å². The lowest BCUT2D eigenvalue weighted by Gasteiger charge is -2.24. The first-order valence-corrected chi connectivity index (χ1v) is 23.0. The van der Waals surface area contributed by atoms with Gasteiger partial charge in [-0.3, -0.25) is 0 Å². The van der Waals surface area contributed by atoms with Crippen LogP contribution >= 0.6 is 0 Å². The highest BCUT2D eigenvalue weighted by Gasteiger charge is 2.42. The molecular formula is C56H52N4. The normalized spacial score (nSPS) is 21.2. The molecule has 4 heterocycles. The zero-order valence-electron chi connectivity index (χ0n) is 34.3. The van der Waals surface area contributed by atoms with E-state index in [0.29, 0.717) is 0 Å². The quantitative estimate of drug-likeness (QED) is 0.137. The van der Waals surface area contributed by atoms with Crippen molar-refractivity contribution in [3.05, 3.63) is 189 Å². The van der Waals surface area contributed by atoms with Gasteiger partial charge < -0.3 is 19.9 Å². The molecule has 0 spiro atoms. The average molecular weight is 781 g/mol. The fraction of sp³-hybridized carbons (Fsp3) is 0.286. The molecular weight excluding hydrogens is 729 g/mol. The monoisotopic (exact) mass is 780 g/mol. The van der Waals surface area contributed by atoms with Crippen molar-refractivity contribution in [1.29, 1.82) is 0 Å². The number of fused-ring (bicyclic) bond motifs is 8. The first-order valence-electron chi connectivity index (χ1n) is 23.0. The molecule has 8 aromatic rings. The largest absolute Gasteiger partial charge is 0.360 e. The van der Waals surface area contributed by atoms with Crippen LogP contribution in [0.15, 0.2) is 121 Å². The van der Waals surface area contributed by atoms with E-state index in [1.807, 2.05) is 0 Å². The Morgan fingerprint density at radius 2 is 0.483 bits per heavy atom. The molecule has 16 bridgehead atoms. The molecule has 4 atom stereocenters. The van der Waals surface area contributed by atoms with Crippen molar-refractivity contribution in [2.45, 2.75) is 101 Å². The number of hydrogen-bond acceptors (Lipinski definition) is 0. The summed E-state index contributed by atoms with van der Waals surface area (Å²) < 4.78 is 0. The lowest BCUT2D eigenvalue weighted by Crippen LogP contribution is -2.14. The molecule has 13 rings (SSSR count). The summed E-state index contributed by atoms with van der Waals surface area (Å²) in [5.41, 5.74) is 28.9. The molecule has 60 heavy (non-hydrogen) atoms. The van der Waals surface area contributed by atoms with Gasteiger partial charge in [0.05, 0.1) is 0 Å². The van der Waals surface area contributed by atoms with Gasteiger partial charge in [-0.05, 0) is 122 Å². The smallest absolute Gasteiger partial charge is 0.0401 e. The van der Waals surface area contributed by atoms with Crippen LogP contribution in [0.1, 0.15) is 143 Å². The van der Waals surface area contributed by atoms with Gasteiger partial charge in [0.2, 0.25) is 0 Å². The van der Waals surface area contributed by atoms with Crippen LogP contribution in [0.3, 0.4) is 0 Å². The molecule has 0 amide bonds. The van der Waals surface area contributed by atoms with E-state index in [1.165, 1.54) is 116 Å². The molecule has 4 heteroatoms. The van der Waals surface area contributed by atoms with E-state index < -0.39 is 0 Å². The van der Waals surface area contributed by atoms with E-state index in [0.717, 1.165) is 51.4 Å². The van der Waals surface area contributed by atoms with Gasteiger partial charge in [0.25, 0.3) is 0 Å². The molecule has 4 N–H and O–H groups in total. The predicted molar refractivity (Wildman–Crippen MR) is 244 cm³/mol. The van der Waals surface area contributed by atoms with Crippen LogP contribution in [-0.4, -0.2) is 19.9 Å². The van der Waals surface area contributed by atoms with Crippen molar-refractivity contribution >= 4 is 0 Å². The SMILES string of the molecule is c1ccc(-c2c3[nH]c4c2CCCC4c2[nH]c4c(c2-c2ccccc2)CCCC4c2[nH]c4c(c2-c2ccccc2)CCCC4c2[nH]c4c(c2-c2ccccc2)CCCC43)cc1. The van der Waals surface area contributed by atoms with E-state index in [1.54, 1.807) is 22.3 Å². The van der Waals surface area contributed by atoms with Gasteiger partial charge in [-0.25, -0.2) is 0 Å². The van der Waals surface area contributed by atoms with Crippen molar-refractivity contribution in [3.63, 3.8) is 0 Å². The van der Waals surface area contributed by atoms with Gasteiger partial charge in [-0.1, -0.05) is 121 Å². The number of benzene rings is 4. The van der Waals surface area contributed by atoms with Gasteiger partial charge >= 0.3 is 0 Å². The molecule has 0 saturated heterocycles. The Bertz CT molecular complexity index is 2490. The molecule has 0 saturated carbocycles. The Balaban J connectivity index is 1.15. The summed E-state index contributed by atoms with van der Waals surface area (Å²) in [5.74, 6) is 1.04. The summed E-state index contributed by atoms with van der Waals surface area (Å²) in [4.78, 5) is 17.5. The maximum atomic E-state index is 4.38. The highest BCUT2D eigenvalue weighted by Crippen LogP contribution is 2.55. The van der Waals surface area contributed by atoms with Crippen LogP contribution in [0.4, 0.5) is 0 Å². The van der Waals surface area contributed by atoms with E-state index in [2.05, 4.69) is 141 Å². The van der Waals surface area contributed by atoms with Crippen LogP contribution in [0.2, 0.25) is 0 Å². The van der Waals surface area contributed by atoms with Gasteiger partial charge in [-0.15, -0.1) is 0 Å². The first-order chi connectivity index (χ1) is 29.8. The Morgan fingerprint density at radius 1 is 0.267 bits per heavy atom. The molecule has 4 aromatic heterocycles. The zero-order chi connectivity index (χ0) is 39.3. The van der Waals surface area contributed by atoms with Gasteiger partial charge in [0, 0.05) is 91.5 Å². The Morgan fingerprint density at radius 3 is 0.700 bits per heavy atom. The minimum atomic E-state index is 0.260. The third-order valence-corrected chi connectivity index (χ3v) is 15.4. The van der Waals surface area contributed by atoms with Crippen molar-refractivity contribution in [3.8, 4) is 44.5 Å². The molecule has 5 aliphatic carbocycles. The molecule has 4 aromatic carbocycles. The summed E-state index contributed by atoms with van der Waals surface area (Å²) in [7, 11) is 0. The average Bonchev–Trinajstić information content (AvgIpc) is 4.10. The van der Waals surface area contributed by atoms with E-state index in [9.17, 15) is 0 Å². The number of H-pyrrole nitrogens is 4. The number of rotatable bonds is 4. The molecule has 5 aliphatic rings. The second-order valence-corrected chi connectivity index (χ2v) is 18.5. The fourth-order valence-electron chi connectivity index (χ4n) is 13.0. The van der Waals surface area contributed by atoms with Gasteiger partial charge in [0.15, 0.2) is 0 Å². The van der Waals surface area contributed by atoms with Crippen LogP contribution in [-0.2, 0) is 25.7 Å². The molecule has 0 radical (unpaired) electrons. The van der Waals surface area contributed by atoms with Crippen molar-refractivity contribution in [2.75, 3.05) is 0 Å². The molecule has 296 valence electrons. The van der Waals surface area contributed by atoms with Crippen LogP contribution in [0.5, 0.6) is 0 Å². The summed E-state index contributed by atoms with van der Waals surface area (Å²) >= 11 is 0. The number of aromatic nitrogens is 4. The Labute approximate surface area is 352 Å². The summed E-state index contributed by atoms with van der Waals surface area (Å²) in [5, 5.41) is 0. The van der Waals surface area contributed by atoms with Gasteiger partial charge in [0.1, 0.15) is 0 Å². The molecule has 0 aliphatic heterocycles. The highest BCUT2D eigenvalue weighted by molar-refractivity contribution is 5.81. The third-order valence-electron chi connectivity index (χ3n) is 15.4. The van der Waals surface area contributed by atoms with Crippen LogP contribution < -0.4 is 0 Å². The molecule has 4 nitrogen and oxygen atoms in total. The molecule has 0 fully saturated rings. The minimum Gasteiger partial charge on any atom is -0.360 e. The topological polar surface area (TPSA) is 63.2 Å². The minimum absolute atomic E-state index is 0.260. The van der Waals surface area contributed by atoms with Crippen molar-refractivity contribution in [2.24, 2.45) is 0 Å². The first kappa shape index (κ1) is 34.8. The standard InChI is InChI=1S/C56H52N4/c1-5-17-33(18-6-1)45-37-25-13-30-42-49(37)57-53(45)41-29-14-26-38-46(34-19-7-2-8-20-34)55(58-50(38)41)43-31-16-28-40-48(36-23-11-4-12-24-36)56(60-52(40)43)44-32-15-27-39-47(54(42)59-51(39)44)35-21-9-3-10-22-35/h1-12,17-24,41-44,57-60H,13-16,25-32H2. The number of nitrogens with one attached hydrogen (secondary N) is 4. The maximum Gasteiger partial charge on any atom is 0.0401 e. The zero-order valence-corrected chi connectivity index (χ0v) is 34.3. The fourth-order valence-corrected chi connectivity index (χ4v) is 13.0. The van der Waals surface area contributed by atoms with E-state index in [4.69, 9.17) is 0 Å². The summed E-state index contributed by atoms with van der Waals surface area (Å²) in [6.45, 7) is 0. The lowest BCUT2D eigenvalue weighted by atomic mass is 9.77. The molecule has 4 unspecified atom stereocenters. The third kappa shape index (κ3) is 5.15. The van der Waals surface area contributed by atoms with E-state index in [-0.39, 0.29) is 23.7 Å². The lowest BCUT2D eigenvalue weighted by molar-refractivity contribution is 0.569.